The van der Waals surface area contributed by atoms with Gasteiger partial charge in [0, 0.05) is 45.3 Å². The number of amides is 1. The van der Waals surface area contributed by atoms with Gasteiger partial charge in [-0.1, -0.05) is 6.07 Å². The van der Waals surface area contributed by atoms with Gasteiger partial charge in [0.15, 0.2) is 0 Å². The van der Waals surface area contributed by atoms with E-state index in [1.807, 2.05) is 24.7 Å². The van der Waals surface area contributed by atoms with Gasteiger partial charge in [0.05, 0.1) is 11.2 Å². The van der Waals surface area contributed by atoms with E-state index >= 15 is 0 Å². The number of hydrogen-bond donors (Lipinski definition) is 0. The van der Waals surface area contributed by atoms with Crippen LogP contribution in [0.25, 0.3) is 0 Å². The van der Waals surface area contributed by atoms with E-state index in [1.54, 1.807) is 6.33 Å². The maximum absolute atomic E-state index is 13.4. The first-order valence-electron chi connectivity index (χ1n) is 11.9. The van der Waals surface area contributed by atoms with Crippen LogP contribution < -0.4 is 0 Å². The molecule has 1 amide bonds. The molecule has 2 unspecified atom stereocenters. The minimum atomic E-state index is 0.0994. The molecule has 31 heavy (non-hydrogen) atoms. The molecule has 164 valence electrons. The predicted octanol–water partition coefficient (Wildman–Crippen LogP) is 2.70. The molecule has 4 atom stereocenters. The standard InChI is InChI=1S/C24H32N6O/c31-22(29-7-5-28(6-8-29)15-21-3-1-2-4-26-21)14-23-10-19-9-20(11-23)13-24(12-19,16-23)30-18-25-17-27-30/h1-4,17-20H,5-16H2/t19-,20+,23?,24?. The van der Waals surface area contributed by atoms with Crippen molar-refractivity contribution in [1.29, 1.82) is 0 Å². The monoisotopic (exact) mass is 420 g/mol. The lowest BCUT2D eigenvalue weighted by molar-refractivity contribution is -0.147. The van der Waals surface area contributed by atoms with Gasteiger partial charge in [-0.3, -0.25) is 14.7 Å². The molecule has 1 aliphatic heterocycles. The summed E-state index contributed by atoms with van der Waals surface area (Å²) in [4.78, 5) is 26.6. The Morgan fingerprint density at radius 2 is 1.87 bits per heavy atom. The normalized spacial score (nSPS) is 34.9. The van der Waals surface area contributed by atoms with Crippen LogP contribution in [0.2, 0.25) is 0 Å². The van der Waals surface area contributed by atoms with Crippen molar-refractivity contribution >= 4 is 5.91 Å². The van der Waals surface area contributed by atoms with Crippen LogP contribution in [0, 0.1) is 17.3 Å². The van der Waals surface area contributed by atoms with Gasteiger partial charge in [0.2, 0.25) is 5.91 Å². The average Bonchev–Trinajstić information content (AvgIpc) is 3.30. The minimum absolute atomic E-state index is 0.0994. The van der Waals surface area contributed by atoms with Crippen LogP contribution in [0.15, 0.2) is 37.1 Å². The number of nitrogens with zero attached hydrogens (tertiary/aromatic N) is 6. The van der Waals surface area contributed by atoms with Crippen LogP contribution in [-0.4, -0.2) is 61.6 Å². The van der Waals surface area contributed by atoms with E-state index in [1.165, 1.54) is 32.1 Å². The maximum atomic E-state index is 13.4. The summed E-state index contributed by atoms with van der Waals surface area (Å²) in [6.07, 6.45) is 13.5. The Morgan fingerprint density at radius 3 is 2.55 bits per heavy atom. The molecule has 7 rings (SSSR count). The largest absolute Gasteiger partial charge is 0.340 e. The van der Waals surface area contributed by atoms with Crippen molar-refractivity contribution < 1.29 is 4.79 Å². The number of piperazine rings is 1. The fraction of sp³-hybridized carbons (Fsp3) is 0.667. The predicted molar refractivity (Wildman–Crippen MR) is 116 cm³/mol. The molecule has 0 spiro atoms. The highest BCUT2D eigenvalue weighted by Crippen LogP contribution is 2.65. The van der Waals surface area contributed by atoms with Gasteiger partial charge in [-0.15, -0.1) is 0 Å². The second-order valence-electron chi connectivity index (χ2n) is 10.7. The summed E-state index contributed by atoms with van der Waals surface area (Å²) in [6.45, 7) is 4.41. The van der Waals surface area contributed by atoms with E-state index in [-0.39, 0.29) is 11.0 Å². The molecule has 7 nitrogen and oxygen atoms in total. The first-order chi connectivity index (χ1) is 15.1. The smallest absolute Gasteiger partial charge is 0.223 e. The zero-order valence-corrected chi connectivity index (χ0v) is 18.2. The van der Waals surface area contributed by atoms with Crippen molar-refractivity contribution in [1.82, 2.24) is 29.5 Å². The number of carbonyl (C=O) groups excluding carboxylic acids is 1. The van der Waals surface area contributed by atoms with E-state index < -0.39 is 0 Å². The molecule has 0 N–H and O–H groups in total. The molecule has 0 aromatic carbocycles. The molecule has 2 aromatic rings. The molecular formula is C24H32N6O. The zero-order valence-electron chi connectivity index (χ0n) is 18.2. The van der Waals surface area contributed by atoms with Gasteiger partial charge in [-0.25, -0.2) is 9.67 Å². The zero-order chi connectivity index (χ0) is 20.9. The van der Waals surface area contributed by atoms with Gasteiger partial charge >= 0.3 is 0 Å². The fourth-order valence-corrected chi connectivity index (χ4v) is 7.64. The number of carbonyl (C=O) groups is 1. The van der Waals surface area contributed by atoms with Gasteiger partial charge < -0.3 is 4.90 Å². The van der Waals surface area contributed by atoms with E-state index in [0.717, 1.165) is 63.1 Å². The van der Waals surface area contributed by atoms with Crippen LogP contribution in [-0.2, 0) is 16.9 Å². The van der Waals surface area contributed by atoms with E-state index in [0.29, 0.717) is 5.91 Å². The summed E-state index contributed by atoms with van der Waals surface area (Å²) in [6, 6.07) is 6.08. The third kappa shape index (κ3) is 3.56. The Balaban J connectivity index is 1.11. The molecule has 4 bridgehead atoms. The summed E-state index contributed by atoms with van der Waals surface area (Å²) in [5.74, 6) is 1.86. The number of aromatic nitrogens is 4. The summed E-state index contributed by atoms with van der Waals surface area (Å²) < 4.78 is 2.14. The summed E-state index contributed by atoms with van der Waals surface area (Å²) in [5, 5.41) is 4.55. The first kappa shape index (κ1) is 19.4. The Bertz CT molecular complexity index is 907. The van der Waals surface area contributed by atoms with Crippen molar-refractivity contribution in [2.24, 2.45) is 17.3 Å². The average molecular weight is 421 g/mol. The Hall–Kier alpha value is -2.28. The molecule has 4 aliphatic carbocycles. The highest BCUT2D eigenvalue weighted by molar-refractivity contribution is 5.77. The highest BCUT2D eigenvalue weighted by Gasteiger charge is 2.59. The van der Waals surface area contributed by atoms with E-state index in [2.05, 4.69) is 35.6 Å². The van der Waals surface area contributed by atoms with Crippen LogP contribution in [0.3, 0.4) is 0 Å². The van der Waals surface area contributed by atoms with Crippen LogP contribution in [0.5, 0.6) is 0 Å². The van der Waals surface area contributed by atoms with Crippen molar-refractivity contribution in [2.45, 2.75) is 57.0 Å². The van der Waals surface area contributed by atoms with Crippen LogP contribution >= 0.6 is 0 Å². The van der Waals surface area contributed by atoms with Crippen LogP contribution in [0.4, 0.5) is 0 Å². The van der Waals surface area contributed by atoms with Crippen molar-refractivity contribution in [3.8, 4) is 0 Å². The van der Waals surface area contributed by atoms with Gasteiger partial charge in [0.1, 0.15) is 12.7 Å². The lowest BCUT2D eigenvalue weighted by atomic mass is 9.46. The Labute approximate surface area is 183 Å². The van der Waals surface area contributed by atoms with Crippen molar-refractivity contribution in [3.63, 3.8) is 0 Å². The van der Waals surface area contributed by atoms with Crippen molar-refractivity contribution in [2.75, 3.05) is 26.2 Å². The van der Waals surface area contributed by atoms with E-state index in [9.17, 15) is 4.79 Å². The lowest BCUT2D eigenvalue weighted by Gasteiger charge is -2.62. The number of pyridine rings is 1. The molecule has 5 aliphatic rings. The summed E-state index contributed by atoms with van der Waals surface area (Å²) in [5.41, 5.74) is 1.37. The first-order valence-corrected chi connectivity index (χ1v) is 11.9. The second kappa shape index (κ2) is 7.40. The molecule has 4 saturated carbocycles. The fourth-order valence-electron chi connectivity index (χ4n) is 7.64. The van der Waals surface area contributed by atoms with Gasteiger partial charge in [0.25, 0.3) is 0 Å². The van der Waals surface area contributed by atoms with Crippen molar-refractivity contribution in [3.05, 3.63) is 42.7 Å². The number of hydrogen-bond acceptors (Lipinski definition) is 5. The molecule has 7 heteroatoms. The Morgan fingerprint density at radius 1 is 1.06 bits per heavy atom. The lowest BCUT2D eigenvalue weighted by Crippen LogP contribution is -2.58. The number of rotatable bonds is 5. The molecule has 5 fully saturated rings. The molecule has 3 heterocycles. The third-order valence-corrected chi connectivity index (χ3v) is 8.42. The maximum Gasteiger partial charge on any atom is 0.223 e. The molecular weight excluding hydrogens is 388 g/mol. The third-order valence-electron chi connectivity index (χ3n) is 8.42. The highest BCUT2D eigenvalue weighted by atomic mass is 16.2. The molecule has 2 aromatic heterocycles. The SMILES string of the molecule is O=C(CC12C[C@H]3C[C@@H](C1)CC(n1cncn1)(C3)C2)N1CCN(Cc2ccccn2)CC1. The van der Waals surface area contributed by atoms with Gasteiger partial charge in [-0.2, -0.15) is 5.10 Å². The molecule has 1 saturated heterocycles. The quantitative estimate of drug-likeness (QED) is 0.744. The molecule has 0 radical (unpaired) electrons. The van der Waals surface area contributed by atoms with Gasteiger partial charge in [-0.05, 0) is 67.9 Å². The minimum Gasteiger partial charge on any atom is -0.340 e. The summed E-state index contributed by atoms with van der Waals surface area (Å²) in [7, 11) is 0. The summed E-state index contributed by atoms with van der Waals surface area (Å²) >= 11 is 0. The second-order valence-corrected chi connectivity index (χ2v) is 10.7. The Kier molecular flexibility index (Phi) is 4.63. The van der Waals surface area contributed by atoms with E-state index in [4.69, 9.17) is 0 Å². The van der Waals surface area contributed by atoms with Crippen LogP contribution in [0.1, 0.15) is 50.6 Å². The topological polar surface area (TPSA) is 67.2 Å².